The predicted molar refractivity (Wildman–Crippen MR) is 68.9 cm³/mol. The van der Waals surface area contributed by atoms with Crippen LogP contribution in [-0.2, 0) is 0 Å². The van der Waals surface area contributed by atoms with Crippen molar-refractivity contribution in [2.24, 2.45) is 0 Å². The van der Waals surface area contributed by atoms with Gasteiger partial charge in [-0.15, -0.1) is 0 Å². The summed E-state index contributed by atoms with van der Waals surface area (Å²) < 4.78 is 0. The molecular weight excluding hydrogens is 243 g/mol. The Morgan fingerprint density at radius 2 is 2.00 bits per heavy atom. The van der Waals surface area contributed by atoms with Crippen molar-refractivity contribution in [2.45, 2.75) is 0 Å². The van der Waals surface area contributed by atoms with E-state index in [1.165, 1.54) is 0 Å². The Balaban J connectivity index is 2.04. The SMILES string of the molecule is C=C(CN1CNC(Cl)=C1Cl)c1ccccc1. The highest BCUT2D eigenvalue weighted by Gasteiger charge is 2.19. The fraction of sp³-hybridized carbons (Fsp3) is 0.167. The van der Waals surface area contributed by atoms with E-state index in [1.54, 1.807) is 0 Å². The highest BCUT2D eigenvalue weighted by Crippen LogP contribution is 2.24. The van der Waals surface area contributed by atoms with E-state index in [0.717, 1.165) is 11.1 Å². The van der Waals surface area contributed by atoms with Crippen molar-refractivity contribution in [3.05, 3.63) is 52.8 Å². The van der Waals surface area contributed by atoms with Gasteiger partial charge in [-0.2, -0.15) is 0 Å². The van der Waals surface area contributed by atoms with Crippen LogP contribution < -0.4 is 5.32 Å². The minimum Gasteiger partial charge on any atom is -0.356 e. The average molecular weight is 255 g/mol. The Kier molecular flexibility index (Phi) is 3.42. The summed E-state index contributed by atoms with van der Waals surface area (Å²) in [5.74, 6) is 0. The molecule has 0 bridgehead atoms. The van der Waals surface area contributed by atoms with Crippen molar-refractivity contribution in [1.82, 2.24) is 10.2 Å². The van der Waals surface area contributed by atoms with E-state index in [2.05, 4.69) is 11.9 Å². The van der Waals surface area contributed by atoms with Crippen molar-refractivity contribution in [2.75, 3.05) is 13.2 Å². The number of nitrogens with one attached hydrogen (secondary N) is 1. The van der Waals surface area contributed by atoms with E-state index in [9.17, 15) is 0 Å². The molecule has 84 valence electrons. The average Bonchev–Trinajstić information content (AvgIpc) is 2.62. The van der Waals surface area contributed by atoms with Gasteiger partial charge in [-0.3, -0.25) is 0 Å². The van der Waals surface area contributed by atoms with Gasteiger partial charge in [0.2, 0.25) is 0 Å². The fourth-order valence-corrected chi connectivity index (χ4v) is 1.93. The minimum atomic E-state index is 0.502. The van der Waals surface area contributed by atoms with Gasteiger partial charge in [0.25, 0.3) is 0 Å². The summed E-state index contributed by atoms with van der Waals surface area (Å²) in [4.78, 5) is 1.94. The largest absolute Gasteiger partial charge is 0.356 e. The third kappa shape index (κ3) is 2.34. The van der Waals surface area contributed by atoms with Gasteiger partial charge in [0.1, 0.15) is 10.3 Å². The van der Waals surface area contributed by atoms with Crippen LogP contribution in [0, 0.1) is 0 Å². The van der Waals surface area contributed by atoms with E-state index in [1.807, 2.05) is 35.2 Å². The molecule has 0 saturated heterocycles. The van der Waals surface area contributed by atoms with Gasteiger partial charge in [0, 0.05) is 6.54 Å². The zero-order valence-electron chi connectivity index (χ0n) is 8.71. The molecule has 2 rings (SSSR count). The molecule has 0 aliphatic carbocycles. The van der Waals surface area contributed by atoms with Crippen LogP contribution in [0.25, 0.3) is 5.57 Å². The lowest BCUT2D eigenvalue weighted by Crippen LogP contribution is -2.24. The molecule has 0 unspecified atom stereocenters. The van der Waals surface area contributed by atoms with Gasteiger partial charge >= 0.3 is 0 Å². The number of nitrogens with zero attached hydrogens (tertiary/aromatic N) is 1. The molecule has 1 aromatic carbocycles. The first-order valence-corrected chi connectivity index (χ1v) is 5.71. The van der Waals surface area contributed by atoms with Gasteiger partial charge < -0.3 is 10.2 Å². The summed E-state index contributed by atoms with van der Waals surface area (Å²) >= 11 is 11.9. The molecule has 1 N–H and O–H groups in total. The van der Waals surface area contributed by atoms with Gasteiger partial charge in [0.05, 0.1) is 6.67 Å². The highest BCUT2D eigenvalue weighted by molar-refractivity contribution is 6.39. The molecule has 1 aliphatic rings. The summed E-state index contributed by atoms with van der Waals surface area (Å²) in [5.41, 5.74) is 2.14. The van der Waals surface area contributed by atoms with Gasteiger partial charge in [-0.25, -0.2) is 0 Å². The smallest absolute Gasteiger partial charge is 0.142 e. The second kappa shape index (κ2) is 4.81. The Morgan fingerprint density at radius 1 is 1.31 bits per heavy atom. The maximum absolute atomic E-state index is 6.03. The molecule has 0 amide bonds. The van der Waals surface area contributed by atoms with E-state index >= 15 is 0 Å². The van der Waals surface area contributed by atoms with E-state index < -0.39 is 0 Å². The zero-order valence-corrected chi connectivity index (χ0v) is 10.2. The number of halogens is 2. The Morgan fingerprint density at radius 3 is 2.56 bits per heavy atom. The molecule has 0 atom stereocenters. The normalized spacial score (nSPS) is 15.2. The lowest BCUT2D eigenvalue weighted by atomic mass is 10.1. The van der Waals surface area contributed by atoms with E-state index in [4.69, 9.17) is 23.2 Å². The summed E-state index contributed by atoms with van der Waals surface area (Å²) in [7, 11) is 0. The summed E-state index contributed by atoms with van der Waals surface area (Å²) in [6.45, 7) is 5.36. The first-order chi connectivity index (χ1) is 7.68. The Labute approximate surface area is 105 Å². The lowest BCUT2D eigenvalue weighted by Gasteiger charge is -2.18. The Hall–Kier alpha value is -1.12. The van der Waals surface area contributed by atoms with Gasteiger partial charge in [0.15, 0.2) is 0 Å². The molecule has 0 fully saturated rings. The van der Waals surface area contributed by atoms with Crippen molar-refractivity contribution in [3.63, 3.8) is 0 Å². The second-order valence-corrected chi connectivity index (χ2v) is 4.34. The second-order valence-electron chi connectivity index (χ2n) is 3.61. The van der Waals surface area contributed by atoms with Crippen LogP contribution in [-0.4, -0.2) is 18.1 Å². The molecule has 0 aromatic heterocycles. The molecule has 0 spiro atoms. The van der Waals surface area contributed by atoms with Gasteiger partial charge in [-0.05, 0) is 11.1 Å². The zero-order chi connectivity index (χ0) is 11.5. The number of rotatable bonds is 3. The molecule has 16 heavy (non-hydrogen) atoms. The highest BCUT2D eigenvalue weighted by atomic mass is 35.5. The van der Waals surface area contributed by atoms with Crippen LogP contribution in [0.3, 0.4) is 0 Å². The first-order valence-electron chi connectivity index (χ1n) is 4.96. The van der Waals surface area contributed by atoms with E-state index in [0.29, 0.717) is 23.5 Å². The van der Waals surface area contributed by atoms with Crippen molar-refractivity contribution in [1.29, 1.82) is 0 Å². The maximum atomic E-state index is 6.03. The number of benzene rings is 1. The third-order valence-corrected chi connectivity index (χ3v) is 3.29. The topological polar surface area (TPSA) is 15.3 Å². The number of hydrogen-bond acceptors (Lipinski definition) is 2. The van der Waals surface area contributed by atoms with Crippen molar-refractivity contribution in [3.8, 4) is 0 Å². The minimum absolute atomic E-state index is 0.502. The van der Waals surface area contributed by atoms with Crippen LogP contribution in [0.5, 0.6) is 0 Å². The third-order valence-electron chi connectivity index (χ3n) is 2.45. The lowest BCUT2D eigenvalue weighted by molar-refractivity contribution is 0.428. The predicted octanol–water partition coefficient (Wildman–Crippen LogP) is 3.17. The number of hydrogen-bond donors (Lipinski definition) is 1. The molecule has 0 radical (unpaired) electrons. The molecule has 1 aliphatic heterocycles. The van der Waals surface area contributed by atoms with Crippen molar-refractivity contribution >= 4 is 28.8 Å². The maximum Gasteiger partial charge on any atom is 0.142 e. The molecule has 4 heteroatoms. The van der Waals surface area contributed by atoms with Crippen LogP contribution in [0.4, 0.5) is 0 Å². The summed E-state index contributed by atoms with van der Waals surface area (Å²) in [6, 6.07) is 10.0. The standard InChI is InChI=1S/C12H12Cl2N2/c1-9(10-5-3-2-4-6-10)7-16-8-15-11(13)12(16)14/h2-6,15H,1,7-8H2. The monoisotopic (exact) mass is 254 g/mol. The summed E-state index contributed by atoms with van der Waals surface area (Å²) in [5, 5.41) is 4.03. The molecule has 1 heterocycles. The molecule has 0 saturated carbocycles. The molecular formula is C12H12Cl2N2. The molecule has 1 aromatic rings. The van der Waals surface area contributed by atoms with Crippen LogP contribution in [0.15, 0.2) is 47.2 Å². The van der Waals surface area contributed by atoms with Crippen LogP contribution in [0.1, 0.15) is 5.56 Å². The van der Waals surface area contributed by atoms with Crippen molar-refractivity contribution < 1.29 is 0 Å². The quantitative estimate of drug-likeness (QED) is 0.834. The van der Waals surface area contributed by atoms with E-state index in [-0.39, 0.29) is 0 Å². The molecule has 2 nitrogen and oxygen atoms in total. The summed E-state index contributed by atoms with van der Waals surface area (Å²) in [6.07, 6.45) is 0. The van der Waals surface area contributed by atoms with Crippen LogP contribution in [0.2, 0.25) is 0 Å². The Bertz CT molecular complexity index is 426. The fourth-order valence-electron chi connectivity index (χ4n) is 1.57. The van der Waals surface area contributed by atoms with Crippen LogP contribution >= 0.6 is 23.2 Å². The first kappa shape index (κ1) is 11.4. The van der Waals surface area contributed by atoms with Gasteiger partial charge in [-0.1, -0.05) is 60.1 Å².